The van der Waals surface area contributed by atoms with Gasteiger partial charge in [0.05, 0.1) is 0 Å². The van der Waals surface area contributed by atoms with E-state index in [1.165, 1.54) is 32.1 Å². The van der Waals surface area contributed by atoms with E-state index in [9.17, 15) is 0 Å². The maximum atomic E-state index is 4.63. The molecule has 0 bridgehead atoms. The predicted molar refractivity (Wildman–Crippen MR) is 83.4 cm³/mol. The van der Waals surface area contributed by atoms with Crippen molar-refractivity contribution in [2.24, 2.45) is 5.92 Å². The van der Waals surface area contributed by atoms with Crippen LogP contribution in [0.15, 0.2) is 10.7 Å². The van der Waals surface area contributed by atoms with Crippen LogP contribution in [0.5, 0.6) is 0 Å². The second-order valence-corrected chi connectivity index (χ2v) is 6.26. The van der Waals surface area contributed by atoms with Crippen LogP contribution in [0.1, 0.15) is 58.2 Å². The van der Waals surface area contributed by atoms with Crippen molar-refractivity contribution in [3.8, 4) is 0 Å². The normalized spacial score (nSPS) is 23.3. The van der Waals surface area contributed by atoms with Crippen molar-refractivity contribution in [2.45, 2.75) is 64.8 Å². The van der Waals surface area contributed by atoms with E-state index in [1.54, 1.807) is 0 Å². The van der Waals surface area contributed by atoms with Crippen molar-refractivity contribution < 1.29 is 0 Å². The number of rotatable bonds is 5. The van der Waals surface area contributed by atoms with Crippen molar-refractivity contribution in [3.63, 3.8) is 0 Å². The molecule has 1 aromatic rings. The minimum absolute atomic E-state index is 0.579. The Morgan fingerprint density at radius 3 is 2.79 bits per heavy atom. The van der Waals surface area contributed by atoms with Crippen molar-refractivity contribution in [1.29, 1.82) is 0 Å². The summed E-state index contributed by atoms with van der Waals surface area (Å²) in [6.07, 6.45) is 8.61. The fraction of sp³-hybridized carbons (Fsp3) is 0.733. The standard InChI is InChI=1S/C15H24BrN3/c1-3-7-14-18-13(16)10-15(19-14)17-12-9-6-5-8-11(12)4-2/h10-12H,3-9H2,1-2H3,(H,17,18,19). The lowest BCUT2D eigenvalue weighted by atomic mass is 9.83. The van der Waals surface area contributed by atoms with Crippen molar-refractivity contribution in [3.05, 3.63) is 16.5 Å². The molecule has 1 fully saturated rings. The first kappa shape index (κ1) is 14.8. The number of halogens is 1. The van der Waals surface area contributed by atoms with E-state index in [1.807, 2.05) is 6.07 Å². The van der Waals surface area contributed by atoms with E-state index < -0.39 is 0 Å². The monoisotopic (exact) mass is 325 g/mol. The number of nitrogens with zero attached hydrogens (tertiary/aromatic N) is 2. The van der Waals surface area contributed by atoms with Gasteiger partial charge < -0.3 is 5.32 Å². The quantitative estimate of drug-likeness (QED) is 0.805. The van der Waals surface area contributed by atoms with Gasteiger partial charge in [-0.05, 0) is 41.1 Å². The molecule has 2 rings (SSSR count). The number of anilines is 1. The molecule has 0 aliphatic heterocycles. The summed E-state index contributed by atoms with van der Waals surface area (Å²) in [5.41, 5.74) is 0. The first-order chi connectivity index (χ1) is 9.22. The third-order valence-electron chi connectivity index (χ3n) is 3.98. The Kier molecular flexibility index (Phi) is 5.61. The van der Waals surface area contributed by atoms with Crippen LogP contribution in [0.3, 0.4) is 0 Å². The summed E-state index contributed by atoms with van der Waals surface area (Å²) in [6.45, 7) is 4.45. The summed E-state index contributed by atoms with van der Waals surface area (Å²) in [5.74, 6) is 2.70. The molecule has 1 aliphatic carbocycles. The van der Waals surface area contributed by atoms with Gasteiger partial charge in [-0.25, -0.2) is 9.97 Å². The van der Waals surface area contributed by atoms with Gasteiger partial charge in [-0.2, -0.15) is 0 Å². The summed E-state index contributed by atoms with van der Waals surface area (Å²) in [6, 6.07) is 2.58. The van der Waals surface area contributed by atoms with E-state index in [0.29, 0.717) is 6.04 Å². The average Bonchev–Trinajstić information content (AvgIpc) is 2.39. The van der Waals surface area contributed by atoms with Crippen molar-refractivity contribution in [2.75, 3.05) is 5.32 Å². The maximum Gasteiger partial charge on any atom is 0.132 e. The van der Waals surface area contributed by atoms with Crippen LogP contribution in [0.4, 0.5) is 5.82 Å². The Morgan fingerprint density at radius 2 is 2.05 bits per heavy atom. The highest BCUT2D eigenvalue weighted by Gasteiger charge is 2.23. The zero-order valence-electron chi connectivity index (χ0n) is 12.0. The first-order valence-electron chi connectivity index (χ1n) is 7.53. The van der Waals surface area contributed by atoms with Gasteiger partial charge in [-0.3, -0.25) is 0 Å². The minimum Gasteiger partial charge on any atom is -0.367 e. The number of hydrogen-bond acceptors (Lipinski definition) is 3. The van der Waals surface area contributed by atoms with E-state index in [-0.39, 0.29) is 0 Å². The zero-order valence-corrected chi connectivity index (χ0v) is 13.5. The second-order valence-electron chi connectivity index (χ2n) is 5.45. The van der Waals surface area contributed by atoms with Gasteiger partial charge in [0.25, 0.3) is 0 Å². The fourth-order valence-electron chi connectivity index (χ4n) is 2.95. The highest BCUT2D eigenvalue weighted by Crippen LogP contribution is 2.29. The molecule has 4 heteroatoms. The van der Waals surface area contributed by atoms with Crippen molar-refractivity contribution in [1.82, 2.24) is 9.97 Å². The van der Waals surface area contributed by atoms with Gasteiger partial charge in [0.1, 0.15) is 16.2 Å². The molecule has 0 radical (unpaired) electrons. The number of nitrogens with one attached hydrogen (secondary N) is 1. The van der Waals surface area contributed by atoms with E-state index in [4.69, 9.17) is 0 Å². The third-order valence-corrected chi connectivity index (χ3v) is 4.39. The van der Waals surface area contributed by atoms with E-state index >= 15 is 0 Å². The lowest BCUT2D eigenvalue weighted by Crippen LogP contribution is -2.32. The Bertz CT molecular complexity index is 408. The fourth-order valence-corrected chi connectivity index (χ4v) is 3.37. The maximum absolute atomic E-state index is 4.63. The number of aryl methyl sites for hydroxylation is 1. The Balaban J connectivity index is 2.08. The van der Waals surface area contributed by atoms with Crippen LogP contribution in [-0.4, -0.2) is 16.0 Å². The molecule has 1 aliphatic rings. The van der Waals surface area contributed by atoms with E-state index in [2.05, 4.69) is 45.1 Å². The number of hydrogen-bond donors (Lipinski definition) is 1. The molecule has 0 spiro atoms. The highest BCUT2D eigenvalue weighted by molar-refractivity contribution is 9.10. The lowest BCUT2D eigenvalue weighted by molar-refractivity contribution is 0.316. The van der Waals surface area contributed by atoms with Gasteiger partial charge in [0, 0.05) is 18.5 Å². The highest BCUT2D eigenvalue weighted by atomic mass is 79.9. The predicted octanol–water partition coefficient (Wildman–Crippen LogP) is 4.57. The molecule has 1 N–H and O–H groups in total. The summed E-state index contributed by atoms with van der Waals surface area (Å²) in [5, 5.41) is 3.64. The molecule has 106 valence electrons. The lowest BCUT2D eigenvalue weighted by Gasteiger charge is -2.32. The average molecular weight is 326 g/mol. The molecular weight excluding hydrogens is 302 g/mol. The van der Waals surface area contributed by atoms with Crippen molar-refractivity contribution >= 4 is 21.7 Å². The Morgan fingerprint density at radius 1 is 1.26 bits per heavy atom. The molecule has 2 unspecified atom stereocenters. The molecule has 2 atom stereocenters. The summed E-state index contributed by atoms with van der Waals surface area (Å²) in [4.78, 5) is 9.06. The zero-order chi connectivity index (χ0) is 13.7. The smallest absolute Gasteiger partial charge is 0.132 e. The van der Waals surface area contributed by atoms with Crippen LogP contribution in [0.25, 0.3) is 0 Å². The number of aromatic nitrogens is 2. The second kappa shape index (κ2) is 7.22. The molecule has 0 saturated heterocycles. The summed E-state index contributed by atoms with van der Waals surface area (Å²) in [7, 11) is 0. The van der Waals surface area contributed by atoms with E-state index in [0.717, 1.165) is 35.0 Å². The SMILES string of the molecule is CCCc1nc(Br)cc(NC2CCCCC2CC)n1. The first-order valence-corrected chi connectivity index (χ1v) is 8.32. The third kappa shape index (κ3) is 4.16. The summed E-state index contributed by atoms with van der Waals surface area (Å²) >= 11 is 3.49. The molecule has 1 heterocycles. The molecule has 3 nitrogen and oxygen atoms in total. The molecule has 0 amide bonds. The van der Waals surface area contributed by atoms with Crippen LogP contribution in [-0.2, 0) is 6.42 Å². The van der Waals surface area contributed by atoms with Gasteiger partial charge in [0.2, 0.25) is 0 Å². The van der Waals surface area contributed by atoms with Gasteiger partial charge in [-0.1, -0.05) is 33.1 Å². The Labute approximate surface area is 124 Å². The van der Waals surface area contributed by atoms with Crippen LogP contribution in [0.2, 0.25) is 0 Å². The minimum atomic E-state index is 0.579. The molecule has 0 aromatic carbocycles. The Hall–Kier alpha value is -0.640. The van der Waals surface area contributed by atoms with Gasteiger partial charge >= 0.3 is 0 Å². The van der Waals surface area contributed by atoms with Crippen LogP contribution in [0, 0.1) is 5.92 Å². The molecule has 1 saturated carbocycles. The topological polar surface area (TPSA) is 37.8 Å². The molecule has 1 aromatic heterocycles. The van der Waals surface area contributed by atoms with Gasteiger partial charge in [0.15, 0.2) is 0 Å². The van der Waals surface area contributed by atoms with Gasteiger partial charge in [-0.15, -0.1) is 0 Å². The van der Waals surface area contributed by atoms with Crippen LogP contribution >= 0.6 is 15.9 Å². The largest absolute Gasteiger partial charge is 0.367 e. The summed E-state index contributed by atoms with van der Waals surface area (Å²) < 4.78 is 0.886. The van der Waals surface area contributed by atoms with Crippen LogP contribution < -0.4 is 5.32 Å². The molecule has 19 heavy (non-hydrogen) atoms. The molecular formula is C15H24BrN3.